The zero-order valence-corrected chi connectivity index (χ0v) is 11.4. The van der Waals surface area contributed by atoms with Crippen molar-refractivity contribution >= 4 is 5.97 Å². The van der Waals surface area contributed by atoms with E-state index < -0.39 is 0 Å². The van der Waals surface area contributed by atoms with Crippen molar-refractivity contribution in [3.63, 3.8) is 0 Å². The number of nitrogens with zero attached hydrogens (tertiary/aromatic N) is 1. The molecule has 0 atom stereocenters. The third kappa shape index (κ3) is 2.99. The van der Waals surface area contributed by atoms with Gasteiger partial charge in [-0.05, 0) is 37.1 Å². The number of esters is 1. The van der Waals surface area contributed by atoms with Crippen molar-refractivity contribution in [1.82, 2.24) is 4.98 Å². The molecule has 0 aliphatic heterocycles. The number of aromatic nitrogens is 1. The van der Waals surface area contributed by atoms with E-state index in [9.17, 15) is 4.79 Å². The summed E-state index contributed by atoms with van der Waals surface area (Å²) in [7, 11) is 1.41. The summed E-state index contributed by atoms with van der Waals surface area (Å²) < 4.78 is 4.77. The van der Waals surface area contributed by atoms with E-state index in [-0.39, 0.29) is 12.4 Å². The van der Waals surface area contributed by atoms with Gasteiger partial charge in [0.15, 0.2) is 0 Å². The average molecular weight is 255 g/mol. The Morgan fingerprint density at radius 2 is 2.05 bits per heavy atom. The lowest BCUT2D eigenvalue weighted by atomic mass is 9.94. The molecule has 0 radical (unpaired) electrons. The molecule has 2 rings (SSSR count). The van der Waals surface area contributed by atoms with E-state index in [4.69, 9.17) is 4.74 Å². The second-order valence-electron chi connectivity index (χ2n) is 4.58. The lowest BCUT2D eigenvalue weighted by Gasteiger charge is -2.13. The number of pyridine rings is 1. The van der Waals surface area contributed by atoms with Crippen LogP contribution in [0.25, 0.3) is 11.3 Å². The second-order valence-corrected chi connectivity index (χ2v) is 4.58. The number of methoxy groups -OCH3 is 1. The van der Waals surface area contributed by atoms with Gasteiger partial charge in [-0.2, -0.15) is 0 Å². The van der Waals surface area contributed by atoms with Gasteiger partial charge in [-0.3, -0.25) is 9.78 Å². The maximum absolute atomic E-state index is 11.5. The van der Waals surface area contributed by atoms with Gasteiger partial charge < -0.3 is 4.74 Å². The Bertz CT molecular complexity index is 591. The number of carbonyl (C=O) groups excluding carboxylic acids is 1. The molecule has 1 aromatic carbocycles. The summed E-state index contributed by atoms with van der Waals surface area (Å²) in [6, 6.07) is 9.91. The Morgan fingerprint density at radius 3 is 2.68 bits per heavy atom. The van der Waals surface area contributed by atoms with Gasteiger partial charge in [0, 0.05) is 11.8 Å². The molecule has 98 valence electrons. The van der Waals surface area contributed by atoms with Crippen LogP contribution in [0.1, 0.15) is 16.7 Å². The maximum atomic E-state index is 11.5. The van der Waals surface area contributed by atoms with Crippen LogP contribution in [-0.2, 0) is 16.0 Å². The highest BCUT2D eigenvalue weighted by atomic mass is 16.5. The molecule has 1 aromatic heterocycles. The minimum absolute atomic E-state index is 0.234. The Hall–Kier alpha value is -2.16. The fraction of sp³-hybridized carbons (Fsp3) is 0.250. The molecule has 0 N–H and O–H groups in total. The number of hydrogen-bond donors (Lipinski definition) is 0. The molecular weight excluding hydrogens is 238 g/mol. The van der Waals surface area contributed by atoms with E-state index in [1.165, 1.54) is 7.11 Å². The first-order valence-electron chi connectivity index (χ1n) is 6.20. The van der Waals surface area contributed by atoms with Crippen LogP contribution < -0.4 is 0 Å². The van der Waals surface area contributed by atoms with Gasteiger partial charge in [0.05, 0.1) is 19.2 Å². The molecule has 2 aromatic rings. The minimum atomic E-state index is -0.234. The Morgan fingerprint density at radius 1 is 1.26 bits per heavy atom. The lowest BCUT2D eigenvalue weighted by molar-refractivity contribution is -0.139. The highest BCUT2D eigenvalue weighted by Crippen LogP contribution is 2.27. The fourth-order valence-corrected chi connectivity index (χ4v) is 2.30. The van der Waals surface area contributed by atoms with Gasteiger partial charge in [-0.25, -0.2) is 0 Å². The molecule has 0 aliphatic rings. The van der Waals surface area contributed by atoms with Crippen molar-refractivity contribution < 1.29 is 9.53 Å². The van der Waals surface area contributed by atoms with E-state index in [0.717, 1.165) is 27.9 Å². The van der Waals surface area contributed by atoms with Gasteiger partial charge in [0.25, 0.3) is 0 Å². The molecule has 0 bridgehead atoms. The van der Waals surface area contributed by atoms with Gasteiger partial charge >= 0.3 is 5.97 Å². The molecular formula is C16H17NO2. The molecule has 0 saturated heterocycles. The molecule has 0 saturated carbocycles. The number of benzene rings is 1. The van der Waals surface area contributed by atoms with E-state index in [2.05, 4.69) is 11.1 Å². The maximum Gasteiger partial charge on any atom is 0.310 e. The molecule has 0 spiro atoms. The predicted octanol–water partition coefficient (Wildman–Crippen LogP) is 3.08. The first-order valence-corrected chi connectivity index (χ1v) is 6.20. The Labute approximate surface area is 113 Å². The fourth-order valence-electron chi connectivity index (χ4n) is 2.30. The van der Waals surface area contributed by atoms with Crippen LogP contribution in [0.15, 0.2) is 36.5 Å². The number of rotatable bonds is 3. The standard InChI is InChI=1S/C16H17NO2/c1-11-8-12(2)16(14-6-4-5-7-17-14)13(9-11)10-15(18)19-3/h4-9H,10H2,1-3H3. The molecule has 0 unspecified atom stereocenters. The third-order valence-corrected chi connectivity index (χ3v) is 3.05. The summed E-state index contributed by atoms with van der Waals surface area (Å²) in [5.74, 6) is -0.234. The molecule has 3 heteroatoms. The van der Waals surface area contributed by atoms with E-state index in [1.807, 2.05) is 38.1 Å². The third-order valence-electron chi connectivity index (χ3n) is 3.05. The van der Waals surface area contributed by atoms with Crippen molar-refractivity contribution in [3.8, 4) is 11.3 Å². The van der Waals surface area contributed by atoms with E-state index in [0.29, 0.717) is 0 Å². The number of hydrogen-bond acceptors (Lipinski definition) is 3. The van der Waals surface area contributed by atoms with Gasteiger partial charge in [0.1, 0.15) is 0 Å². The second kappa shape index (κ2) is 5.65. The van der Waals surface area contributed by atoms with Crippen LogP contribution >= 0.6 is 0 Å². The summed E-state index contributed by atoms with van der Waals surface area (Å²) in [6.07, 6.45) is 2.03. The molecule has 19 heavy (non-hydrogen) atoms. The van der Waals surface area contributed by atoms with Crippen molar-refractivity contribution in [1.29, 1.82) is 0 Å². The van der Waals surface area contributed by atoms with Crippen LogP contribution in [0, 0.1) is 13.8 Å². The van der Waals surface area contributed by atoms with Crippen LogP contribution in [0.2, 0.25) is 0 Å². The monoisotopic (exact) mass is 255 g/mol. The largest absolute Gasteiger partial charge is 0.469 e. The average Bonchev–Trinajstić information content (AvgIpc) is 2.39. The Kier molecular flexibility index (Phi) is 3.95. The number of aryl methyl sites for hydroxylation is 2. The van der Waals surface area contributed by atoms with Crippen molar-refractivity contribution in [3.05, 3.63) is 53.2 Å². The van der Waals surface area contributed by atoms with Gasteiger partial charge in [-0.1, -0.05) is 23.8 Å². The predicted molar refractivity (Wildman–Crippen MR) is 74.9 cm³/mol. The van der Waals surface area contributed by atoms with Gasteiger partial charge in [0.2, 0.25) is 0 Å². The van der Waals surface area contributed by atoms with E-state index in [1.54, 1.807) is 6.20 Å². The summed E-state index contributed by atoms with van der Waals surface area (Å²) in [5.41, 5.74) is 5.13. The highest BCUT2D eigenvalue weighted by molar-refractivity contribution is 5.78. The smallest absolute Gasteiger partial charge is 0.310 e. The first-order chi connectivity index (χ1) is 9.11. The molecule has 1 heterocycles. The van der Waals surface area contributed by atoms with Crippen LogP contribution in [0.5, 0.6) is 0 Å². The van der Waals surface area contributed by atoms with Crippen LogP contribution in [-0.4, -0.2) is 18.1 Å². The summed E-state index contributed by atoms with van der Waals surface area (Å²) >= 11 is 0. The Balaban J connectivity index is 2.55. The highest BCUT2D eigenvalue weighted by Gasteiger charge is 2.13. The van der Waals surface area contributed by atoms with E-state index >= 15 is 0 Å². The molecule has 0 amide bonds. The number of ether oxygens (including phenoxy) is 1. The van der Waals surface area contributed by atoms with Crippen LogP contribution in [0.3, 0.4) is 0 Å². The van der Waals surface area contributed by atoms with Gasteiger partial charge in [-0.15, -0.1) is 0 Å². The first kappa shape index (κ1) is 13.3. The zero-order chi connectivity index (χ0) is 13.8. The van der Waals surface area contributed by atoms with Crippen molar-refractivity contribution in [2.45, 2.75) is 20.3 Å². The lowest BCUT2D eigenvalue weighted by Crippen LogP contribution is -2.07. The number of carbonyl (C=O) groups is 1. The molecule has 3 nitrogen and oxygen atoms in total. The molecule has 0 aliphatic carbocycles. The SMILES string of the molecule is COC(=O)Cc1cc(C)cc(C)c1-c1ccccn1. The van der Waals surface area contributed by atoms with Crippen molar-refractivity contribution in [2.75, 3.05) is 7.11 Å². The minimum Gasteiger partial charge on any atom is -0.469 e. The topological polar surface area (TPSA) is 39.2 Å². The quantitative estimate of drug-likeness (QED) is 0.791. The summed E-state index contributed by atoms with van der Waals surface area (Å²) in [5, 5.41) is 0. The van der Waals surface area contributed by atoms with Crippen molar-refractivity contribution in [2.24, 2.45) is 0 Å². The summed E-state index contributed by atoms with van der Waals surface area (Å²) in [4.78, 5) is 15.9. The molecule has 0 fully saturated rings. The normalized spacial score (nSPS) is 10.3. The zero-order valence-electron chi connectivity index (χ0n) is 11.4. The van der Waals surface area contributed by atoms with Crippen LogP contribution in [0.4, 0.5) is 0 Å². The summed E-state index contributed by atoms with van der Waals surface area (Å²) in [6.45, 7) is 4.06.